The number of benzene rings is 2. The van der Waals surface area contributed by atoms with Crippen LogP contribution in [-0.4, -0.2) is 9.97 Å². The number of rotatable bonds is 2. The molecule has 0 bridgehead atoms. The predicted octanol–water partition coefficient (Wildman–Crippen LogP) is 5.00. The standard InChI is InChI=1S/C22H14N2O2/c25-18-8-4-9-19-21(18)22-20(26-19)11-10-17(24-22)15-6-3-5-14(13-15)16-7-1-2-12-23-16/h1-13,24H. The molecule has 4 heteroatoms. The fourth-order valence-electron chi connectivity index (χ4n) is 3.26. The molecule has 0 aliphatic carbocycles. The topological polar surface area (TPSA) is 58.9 Å². The number of aromatic nitrogens is 2. The van der Waals surface area contributed by atoms with Crippen LogP contribution in [0.15, 0.2) is 88.2 Å². The highest BCUT2D eigenvalue weighted by Gasteiger charge is 2.11. The van der Waals surface area contributed by atoms with Gasteiger partial charge >= 0.3 is 0 Å². The molecule has 0 aliphatic heterocycles. The maximum atomic E-state index is 12.3. The Morgan fingerprint density at radius 1 is 0.808 bits per heavy atom. The van der Waals surface area contributed by atoms with Crippen molar-refractivity contribution < 1.29 is 4.42 Å². The third-order valence-corrected chi connectivity index (χ3v) is 4.50. The molecule has 0 saturated heterocycles. The van der Waals surface area contributed by atoms with E-state index in [-0.39, 0.29) is 5.43 Å². The van der Waals surface area contributed by atoms with Crippen LogP contribution >= 0.6 is 0 Å². The van der Waals surface area contributed by atoms with E-state index in [1.807, 2.05) is 54.6 Å². The van der Waals surface area contributed by atoms with E-state index < -0.39 is 0 Å². The van der Waals surface area contributed by atoms with E-state index in [2.05, 4.69) is 16.0 Å². The number of aromatic amines is 1. The summed E-state index contributed by atoms with van der Waals surface area (Å²) >= 11 is 0. The van der Waals surface area contributed by atoms with Crippen molar-refractivity contribution >= 4 is 22.1 Å². The Kier molecular flexibility index (Phi) is 3.22. The van der Waals surface area contributed by atoms with Gasteiger partial charge in [-0.2, -0.15) is 0 Å². The number of nitrogens with one attached hydrogen (secondary N) is 1. The molecule has 0 unspecified atom stereocenters. The number of nitrogens with zero attached hydrogens (tertiary/aromatic N) is 1. The van der Waals surface area contributed by atoms with E-state index >= 15 is 0 Å². The SMILES string of the molecule is O=c1cccc2oc3ccc(-c4cccc(-c5ccccn5)c4)[nH]c3c12. The Morgan fingerprint density at radius 2 is 1.69 bits per heavy atom. The van der Waals surface area contributed by atoms with Crippen LogP contribution in [0.3, 0.4) is 0 Å². The first-order valence-corrected chi connectivity index (χ1v) is 8.36. The zero-order valence-electron chi connectivity index (χ0n) is 13.8. The first kappa shape index (κ1) is 14.7. The maximum absolute atomic E-state index is 12.3. The van der Waals surface area contributed by atoms with Crippen molar-refractivity contribution in [3.8, 4) is 22.5 Å². The van der Waals surface area contributed by atoms with E-state index in [0.717, 1.165) is 28.0 Å². The van der Waals surface area contributed by atoms with Crippen LogP contribution in [0, 0.1) is 0 Å². The van der Waals surface area contributed by atoms with Crippen LogP contribution in [0.4, 0.5) is 0 Å². The van der Waals surface area contributed by atoms with Crippen LogP contribution in [-0.2, 0) is 0 Å². The minimum Gasteiger partial charge on any atom is -0.454 e. The van der Waals surface area contributed by atoms with E-state index in [9.17, 15) is 4.79 Å². The van der Waals surface area contributed by atoms with Gasteiger partial charge in [0.1, 0.15) is 5.58 Å². The first-order chi connectivity index (χ1) is 12.8. The van der Waals surface area contributed by atoms with E-state index in [0.29, 0.717) is 16.6 Å². The summed E-state index contributed by atoms with van der Waals surface area (Å²) in [6, 6.07) is 23.0. The van der Waals surface area contributed by atoms with Crippen molar-refractivity contribution in [2.75, 3.05) is 0 Å². The number of hydrogen-bond donors (Lipinski definition) is 1. The minimum atomic E-state index is -0.0445. The summed E-state index contributed by atoms with van der Waals surface area (Å²) in [6.45, 7) is 0. The van der Waals surface area contributed by atoms with Crippen molar-refractivity contribution in [1.82, 2.24) is 9.97 Å². The van der Waals surface area contributed by atoms with Crippen LogP contribution in [0.25, 0.3) is 44.6 Å². The Labute approximate surface area is 148 Å². The van der Waals surface area contributed by atoms with Crippen molar-refractivity contribution in [3.05, 3.63) is 89.2 Å². The predicted molar refractivity (Wildman–Crippen MR) is 103 cm³/mol. The highest BCUT2D eigenvalue weighted by Crippen LogP contribution is 2.29. The van der Waals surface area contributed by atoms with Crippen molar-refractivity contribution in [1.29, 1.82) is 0 Å². The quantitative estimate of drug-likeness (QED) is 0.492. The molecule has 0 atom stereocenters. The third-order valence-electron chi connectivity index (χ3n) is 4.50. The Bertz CT molecular complexity index is 1300. The number of hydrogen-bond acceptors (Lipinski definition) is 3. The first-order valence-electron chi connectivity index (χ1n) is 8.36. The lowest BCUT2D eigenvalue weighted by atomic mass is 10.0. The molecule has 1 N–H and O–H groups in total. The van der Waals surface area contributed by atoms with Gasteiger partial charge in [-0.05, 0) is 48.0 Å². The van der Waals surface area contributed by atoms with Crippen LogP contribution in [0.1, 0.15) is 0 Å². The lowest BCUT2D eigenvalue weighted by Crippen LogP contribution is -1.97. The molecular weight excluding hydrogens is 324 g/mol. The highest BCUT2D eigenvalue weighted by atomic mass is 16.3. The normalized spacial score (nSPS) is 11.2. The van der Waals surface area contributed by atoms with Gasteiger partial charge in [-0.15, -0.1) is 0 Å². The third kappa shape index (κ3) is 2.31. The summed E-state index contributed by atoms with van der Waals surface area (Å²) in [4.78, 5) is 20.0. The van der Waals surface area contributed by atoms with Crippen LogP contribution in [0.2, 0.25) is 0 Å². The highest BCUT2D eigenvalue weighted by molar-refractivity contribution is 6.02. The molecule has 5 aromatic rings. The van der Waals surface area contributed by atoms with E-state index in [1.165, 1.54) is 0 Å². The molecule has 5 rings (SSSR count). The zero-order valence-corrected chi connectivity index (χ0v) is 13.8. The van der Waals surface area contributed by atoms with Gasteiger partial charge in [0.15, 0.2) is 11.0 Å². The van der Waals surface area contributed by atoms with Gasteiger partial charge in [-0.1, -0.05) is 30.3 Å². The number of fused-ring (bicyclic) bond motifs is 3. The number of furan rings is 1. The fourth-order valence-corrected chi connectivity index (χ4v) is 3.26. The van der Waals surface area contributed by atoms with Gasteiger partial charge in [-0.3, -0.25) is 9.78 Å². The Balaban J connectivity index is 1.70. The van der Waals surface area contributed by atoms with Gasteiger partial charge < -0.3 is 9.40 Å². The molecule has 3 heterocycles. The van der Waals surface area contributed by atoms with Gasteiger partial charge in [-0.25, -0.2) is 0 Å². The molecule has 0 saturated carbocycles. The Morgan fingerprint density at radius 3 is 2.58 bits per heavy atom. The number of H-pyrrole nitrogens is 1. The second kappa shape index (κ2) is 5.70. The minimum absolute atomic E-state index is 0.0445. The molecule has 4 nitrogen and oxygen atoms in total. The van der Waals surface area contributed by atoms with Crippen LogP contribution < -0.4 is 5.43 Å². The smallest absolute Gasteiger partial charge is 0.191 e. The molecule has 2 aromatic carbocycles. The van der Waals surface area contributed by atoms with Crippen LogP contribution in [0.5, 0.6) is 0 Å². The van der Waals surface area contributed by atoms with Gasteiger partial charge in [0.05, 0.1) is 16.6 Å². The number of pyridine rings is 2. The average molecular weight is 338 g/mol. The summed E-state index contributed by atoms with van der Waals surface area (Å²) in [5.41, 5.74) is 5.86. The molecular formula is C22H14N2O2. The Hall–Kier alpha value is -3.66. The molecule has 0 fully saturated rings. The summed E-state index contributed by atoms with van der Waals surface area (Å²) in [5.74, 6) is 0. The van der Waals surface area contributed by atoms with E-state index in [4.69, 9.17) is 4.42 Å². The van der Waals surface area contributed by atoms with Gasteiger partial charge in [0.2, 0.25) is 0 Å². The van der Waals surface area contributed by atoms with Crippen molar-refractivity contribution in [2.45, 2.75) is 0 Å². The monoisotopic (exact) mass is 338 g/mol. The van der Waals surface area contributed by atoms with Gasteiger partial charge in [0.25, 0.3) is 0 Å². The summed E-state index contributed by atoms with van der Waals surface area (Å²) in [5, 5.41) is 0.588. The second-order valence-electron chi connectivity index (χ2n) is 6.14. The molecule has 0 aliphatic rings. The fraction of sp³-hybridized carbons (Fsp3) is 0. The summed E-state index contributed by atoms with van der Waals surface area (Å²) < 4.78 is 5.78. The zero-order chi connectivity index (χ0) is 17.5. The average Bonchev–Trinajstić information content (AvgIpc) is 3.08. The molecule has 0 spiro atoms. The molecule has 26 heavy (non-hydrogen) atoms. The lowest BCUT2D eigenvalue weighted by molar-refractivity contribution is 0.668. The molecule has 0 amide bonds. The second-order valence-corrected chi connectivity index (χ2v) is 6.14. The largest absolute Gasteiger partial charge is 0.454 e. The summed E-state index contributed by atoms with van der Waals surface area (Å²) in [6.07, 6.45) is 1.79. The van der Waals surface area contributed by atoms with Gasteiger partial charge in [0, 0.05) is 17.5 Å². The lowest BCUT2D eigenvalue weighted by Gasteiger charge is -2.06. The molecule has 3 aromatic heterocycles. The molecule has 0 radical (unpaired) electrons. The van der Waals surface area contributed by atoms with Crippen molar-refractivity contribution in [3.63, 3.8) is 0 Å². The maximum Gasteiger partial charge on any atom is 0.191 e. The van der Waals surface area contributed by atoms with E-state index in [1.54, 1.807) is 18.3 Å². The summed E-state index contributed by atoms with van der Waals surface area (Å²) in [7, 11) is 0. The molecule has 124 valence electrons. The van der Waals surface area contributed by atoms with Crippen molar-refractivity contribution in [2.24, 2.45) is 0 Å².